The van der Waals surface area contributed by atoms with Gasteiger partial charge >= 0.3 is 18.1 Å². The minimum Gasteiger partial charge on any atom is -0.476 e. The van der Waals surface area contributed by atoms with Crippen LogP contribution in [0.3, 0.4) is 0 Å². The zero-order valence-corrected chi connectivity index (χ0v) is 10.2. The monoisotopic (exact) mass is 292 g/mol. The second-order valence-electron chi connectivity index (χ2n) is 4.43. The molecule has 0 saturated carbocycles. The van der Waals surface area contributed by atoms with Crippen LogP contribution >= 0.6 is 0 Å². The first-order valence-electron chi connectivity index (χ1n) is 5.80. The SMILES string of the molecule is O=C(O)c1cn(C2CCCN(C(=O)C(F)(F)F)C2)nn1. The van der Waals surface area contributed by atoms with E-state index in [-0.39, 0.29) is 18.8 Å². The highest BCUT2D eigenvalue weighted by molar-refractivity contribution is 5.84. The number of amides is 1. The highest BCUT2D eigenvalue weighted by atomic mass is 19.4. The number of halogens is 3. The summed E-state index contributed by atoms with van der Waals surface area (Å²) < 4.78 is 38.3. The Bertz CT molecular complexity index is 528. The van der Waals surface area contributed by atoms with Gasteiger partial charge in [0.1, 0.15) is 0 Å². The van der Waals surface area contributed by atoms with E-state index in [9.17, 15) is 22.8 Å². The number of rotatable bonds is 2. The molecule has 1 saturated heterocycles. The van der Waals surface area contributed by atoms with Crippen molar-refractivity contribution in [1.29, 1.82) is 0 Å². The molecule has 0 aliphatic carbocycles. The Labute approximate surface area is 111 Å². The average molecular weight is 292 g/mol. The number of alkyl halides is 3. The first-order chi connectivity index (χ1) is 9.29. The molecule has 1 aliphatic rings. The van der Waals surface area contributed by atoms with Crippen molar-refractivity contribution in [3.8, 4) is 0 Å². The number of likely N-dealkylation sites (tertiary alicyclic amines) is 1. The number of aromatic nitrogens is 3. The van der Waals surface area contributed by atoms with Crippen LogP contribution in [0.1, 0.15) is 29.4 Å². The van der Waals surface area contributed by atoms with E-state index in [1.54, 1.807) is 0 Å². The van der Waals surface area contributed by atoms with Gasteiger partial charge < -0.3 is 10.0 Å². The lowest BCUT2D eigenvalue weighted by Crippen LogP contribution is -2.46. The number of carboxylic acid groups (broad SMARTS) is 1. The number of aromatic carboxylic acids is 1. The van der Waals surface area contributed by atoms with E-state index in [1.807, 2.05) is 0 Å². The van der Waals surface area contributed by atoms with Crippen molar-refractivity contribution in [2.24, 2.45) is 0 Å². The van der Waals surface area contributed by atoms with Crippen LogP contribution in [0.5, 0.6) is 0 Å². The molecule has 1 aromatic rings. The lowest BCUT2D eigenvalue weighted by atomic mass is 10.1. The molecule has 1 N–H and O–H groups in total. The van der Waals surface area contributed by atoms with Crippen molar-refractivity contribution in [3.63, 3.8) is 0 Å². The van der Waals surface area contributed by atoms with Gasteiger partial charge in [0.2, 0.25) is 0 Å². The van der Waals surface area contributed by atoms with Crippen molar-refractivity contribution in [2.45, 2.75) is 25.1 Å². The van der Waals surface area contributed by atoms with Crippen molar-refractivity contribution in [3.05, 3.63) is 11.9 Å². The van der Waals surface area contributed by atoms with Gasteiger partial charge in [-0.05, 0) is 12.8 Å². The molecule has 1 aromatic heterocycles. The Morgan fingerprint density at radius 2 is 2.10 bits per heavy atom. The van der Waals surface area contributed by atoms with Crippen LogP contribution in [0.2, 0.25) is 0 Å². The number of nitrogens with zero attached hydrogens (tertiary/aromatic N) is 4. The predicted octanol–water partition coefficient (Wildman–Crippen LogP) is 0.702. The largest absolute Gasteiger partial charge is 0.476 e. The van der Waals surface area contributed by atoms with Gasteiger partial charge in [-0.15, -0.1) is 5.10 Å². The zero-order chi connectivity index (χ0) is 14.9. The summed E-state index contributed by atoms with van der Waals surface area (Å²) in [5, 5.41) is 15.7. The van der Waals surface area contributed by atoms with Gasteiger partial charge in [-0.1, -0.05) is 5.21 Å². The number of carbonyl (C=O) groups is 2. The molecule has 1 aliphatic heterocycles. The Kier molecular flexibility index (Phi) is 3.64. The molecule has 2 heterocycles. The van der Waals surface area contributed by atoms with Crippen LogP contribution in [-0.2, 0) is 4.79 Å². The topological polar surface area (TPSA) is 88.3 Å². The second kappa shape index (κ2) is 5.10. The van der Waals surface area contributed by atoms with Gasteiger partial charge in [0.25, 0.3) is 0 Å². The number of piperidine rings is 1. The average Bonchev–Trinajstić information content (AvgIpc) is 2.86. The number of hydrogen-bond donors (Lipinski definition) is 1. The molecule has 1 fully saturated rings. The smallest absolute Gasteiger partial charge is 0.471 e. The molecule has 10 heteroatoms. The van der Waals surface area contributed by atoms with E-state index < -0.39 is 24.1 Å². The summed E-state index contributed by atoms with van der Waals surface area (Å²) in [6, 6.07) is -0.504. The van der Waals surface area contributed by atoms with Gasteiger partial charge in [-0.2, -0.15) is 13.2 Å². The Hall–Kier alpha value is -2.13. The third-order valence-corrected chi connectivity index (χ3v) is 3.03. The lowest BCUT2D eigenvalue weighted by Gasteiger charge is -2.32. The summed E-state index contributed by atoms with van der Waals surface area (Å²) in [5.74, 6) is -3.16. The highest BCUT2D eigenvalue weighted by Gasteiger charge is 2.43. The molecule has 0 aromatic carbocycles. The summed E-state index contributed by atoms with van der Waals surface area (Å²) in [6.07, 6.45) is -2.87. The molecule has 0 radical (unpaired) electrons. The molecular weight excluding hydrogens is 281 g/mol. The molecule has 20 heavy (non-hydrogen) atoms. The summed E-state index contributed by atoms with van der Waals surface area (Å²) in [6.45, 7) is -0.143. The zero-order valence-electron chi connectivity index (χ0n) is 10.2. The minimum absolute atomic E-state index is 0.0231. The van der Waals surface area contributed by atoms with Crippen LogP contribution in [0, 0.1) is 0 Å². The molecule has 1 atom stereocenters. The first kappa shape index (κ1) is 14.3. The van der Waals surface area contributed by atoms with Gasteiger partial charge in [0.05, 0.1) is 12.2 Å². The fraction of sp³-hybridized carbons (Fsp3) is 0.600. The van der Waals surface area contributed by atoms with Crippen molar-refractivity contribution >= 4 is 11.9 Å². The molecule has 7 nitrogen and oxygen atoms in total. The van der Waals surface area contributed by atoms with E-state index in [0.29, 0.717) is 17.7 Å². The van der Waals surface area contributed by atoms with Crippen LogP contribution in [0.15, 0.2) is 6.20 Å². The van der Waals surface area contributed by atoms with E-state index >= 15 is 0 Å². The number of carbonyl (C=O) groups excluding carboxylic acids is 1. The molecule has 2 rings (SSSR count). The molecule has 0 spiro atoms. The van der Waals surface area contributed by atoms with Crippen LogP contribution in [0.4, 0.5) is 13.2 Å². The normalized spacial score (nSPS) is 19.9. The van der Waals surface area contributed by atoms with Crippen LogP contribution < -0.4 is 0 Å². The lowest BCUT2D eigenvalue weighted by molar-refractivity contribution is -0.187. The third kappa shape index (κ3) is 2.89. The summed E-state index contributed by atoms with van der Waals surface area (Å²) in [7, 11) is 0. The Morgan fingerprint density at radius 3 is 2.65 bits per heavy atom. The number of carboxylic acids is 1. The van der Waals surface area contributed by atoms with Gasteiger partial charge in [-0.3, -0.25) is 4.79 Å². The minimum atomic E-state index is -4.91. The first-order valence-corrected chi connectivity index (χ1v) is 5.80. The Balaban J connectivity index is 2.10. The maximum atomic E-state index is 12.4. The molecule has 1 unspecified atom stereocenters. The van der Waals surface area contributed by atoms with Crippen molar-refractivity contribution in [1.82, 2.24) is 19.9 Å². The van der Waals surface area contributed by atoms with E-state index in [1.165, 1.54) is 4.68 Å². The summed E-state index contributed by atoms with van der Waals surface area (Å²) in [5.41, 5.74) is -0.288. The fourth-order valence-electron chi connectivity index (χ4n) is 2.09. The second-order valence-corrected chi connectivity index (χ2v) is 4.43. The molecular formula is C10H11F3N4O3. The third-order valence-electron chi connectivity index (χ3n) is 3.03. The number of hydrogen-bond acceptors (Lipinski definition) is 4. The van der Waals surface area contributed by atoms with E-state index in [0.717, 1.165) is 6.20 Å². The standard InChI is InChI=1S/C10H11F3N4O3/c11-10(12,13)9(20)16-3-1-2-6(4-16)17-5-7(8(18)19)14-15-17/h5-6H,1-4H2,(H,18,19). The predicted molar refractivity (Wildman–Crippen MR) is 57.9 cm³/mol. The summed E-state index contributed by atoms with van der Waals surface area (Å²) in [4.78, 5) is 22.5. The van der Waals surface area contributed by atoms with E-state index in [4.69, 9.17) is 5.11 Å². The molecule has 110 valence electrons. The van der Waals surface area contributed by atoms with Gasteiger partial charge in [0, 0.05) is 13.1 Å². The molecule has 1 amide bonds. The van der Waals surface area contributed by atoms with E-state index in [2.05, 4.69) is 10.3 Å². The van der Waals surface area contributed by atoms with Crippen LogP contribution in [-0.4, -0.2) is 56.1 Å². The van der Waals surface area contributed by atoms with Gasteiger partial charge in [-0.25, -0.2) is 9.48 Å². The maximum absolute atomic E-state index is 12.4. The maximum Gasteiger partial charge on any atom is 0.471 e. The quantitative estimate of drug-likeness (QED) is 0.867. The fourth-order valence-corrected chi connectivity index (χ4v) is 2.09. The van der Waals surface area contributed by atoms with Crippen molar-refractivity contribution in [2.75, 3.05) is 13.1 Å². The Morgan fingerprint density at radius 1 is 1.40 bits per heavy atom. The van der Waals surface area contributed by atoms with Crippen molar-refractivity contribution < 1.29 is 27.9 Å². The van der Waals surface area contributed by atoms with Crippen LogP contribution in [0.25, 0.3) is 0 Å². The summed E-state index contributed by atoms with van der Waals surface area (Å²) >= 11 is 0. The molecule has 0 bridgehead atoms. The van der Waals surface area contributed by atoms with Gasteiger partial charge in [0.15, 0.2) is 5.69 Å². The highest BCUT2D eigenvalue weighted by Crippen LogP contribution is 2.25.